The number of anilines is 1. The molecule has 3 heterocycles. The number of imidazole rings is 1. The van der Waals surface area contributed by atoms with Crippen LogP contribution in [-0.2, 0) is 11.3 Å². The number of nitrogens with zero attached hydrogens (tertiary/aromatic N) is 4. The van der Waals surface area contributed by atoms with Crippen molar-refractivity contribution < 1.29 is 4.79 Å². The van der Waals surface area contributed by atoms with E-state index in [9.17, 15) is 4.79 Å². The van der Waals surface area contributed by atoms with Crippen molar-refractivity contribution in [2.75, 3.05) is 5.32 Å². The van der Waals surface area contributed by atoms with Gasteiger partial charge in [0.2, 0.25) is 5.91 Å². The Morgan fingerprint density at radius 3 is 2.73 bits per heavy atom. The maximum Gasteiger partial charge on any atom is 0.247 e. The Kier molecular flexibility index (Phi) is 4.57. The van der Waals surface area contributed by atoms with E-state index in [0.717, 1.165) is 33.0 Å². The van der Waals surface area contributed by atoms with Crippen LogP contribution in [0.25, 0.3) is 31.8 Å². The first-order chi connectivity index (χ1) is 14.7. The molecular weight excluding hydrogens is 394 g/mol. The second-order valence-corrected chi connectivity index (χ2v) is 7.89. The number of hydrogen-bond acceptors (Lipinski definition) is 5. The fourth-order valence-corrected chi connectivity index (χ4v) is 4.42. The van der Waals surface area contributed by atoms with E-state index < -0.39 is 0 Å². The van der Waals surface area contributed by atoms with Gasteiger partial charge in [0.05, 0.1) is 17.7 Å². The predicted molar refractivity (Wildman–Crippen MR) is 121 cm³/mol. The summed E-state index contributed by atoms with van der Waals surface area (Å²) < 4.78 is 3.23. The minimum absolute atomic E-state index is 0.228. The Hall–Kier alpha value is -3.84. The predicted octanol–water partition coefficient (Wildman–Crippen LogP) is 4.88. The number of hydrogen-bond donors (Lipinski definition) is 1. The van der Waals surface area contributed by atoms with E-state index in [-0.39, 0.29) is 5.91 Å². The lowest BCUT2D eigenvalue weighted by molar-refractivity contribution is -0.111. The van der Waals surface area contributed by atoms with Crippen LogP contribution in [0.2, 0.25) is 0 Å². The molecule has 0 saturated heterocycles. The van der Waals surface area contributed by atoms with Crippen LogP contribution in [0.15, 0.2) is 79.9 Å². The fourth-order valence-electron chi connectivity index (χ4n) is 3.36. The van der Waals surface area contributed by atoms with Crippen molar-refractivity contribution in [1.29, 1.82) is 0 Å². The molecule has 0 bridgehead atoms. The van der Waals surface area contributed by atoms with Crippen LogP contribution < -0.4 is 5.32 Å². The van der Waals surface area contributed by atoms with Crippen LogP contribution in [0.1, 0.15) is 5.56 Å². The Morgan fingerprint density at radius 2 is 1.93 bits per heavy atom. The van der Waals surface area contributed by atoms with Crippen molar-refractivity contribution in [3.8, 4) is 10.6 Å². The van der Waals surface area contributed by atoms with Crippen LogP contribution in [0.5, 0.6) is 0 Å². The summed E-state index contributed by atoms with van der Waals surface area (Å²) >= 11 is 1.71. The molecule has 1 N–H and O–H groups in total. The molecule has 0 fully saturated rings. The molecule has 6 nitrogen and oxygen atoms in total. The number of fused-ring (bicyclic) bond motifs is 2. The van der Waals surface area contributed by atoms with Crippen LogP contribution in [0.3, 0.4) is 0 Å². The topological polar surface area (TPSA) is 72.7 Å². The molecule has 5 rings (SSSR count). The van der Waals surface area contributed by atoms with Gasteiger partial charge < -0.3 is 9.88 Å². The largest absolute Gasteiger partial charge is 0.323 e. The van der Waals surface area contributed by atoms with Crippen molar-refractivity contribution in [1.82, 2.24) is 19.5 Å². The Bertz CT molecular complexity index is 1350. The molecule has 0 aliphatic carbocycles. The molecule has 0 aliphatic heterocycles. The third-order valence-electron chi connectivity index (χ3n) is 4.82. The van der Waals surface area contributed by atoms with Gasteiger partial charge in [-0.1, -0.05) is 36.9 Å². The van der Waals surface area contributed by atoms with Crippen LogP contribution >= 0.6 is 11.3 Å². The summed E-state index contributed by atoms with van der Waals surface area (Å²) in [5, 5.41) is 3.95. The van der Waals surface area contributed by atoms with E-state index >= 15 is 0 Å². The Morgan fingerprint density at radius 1 is 1.10 bits per heavy atom. The summed E-state index contributed by atoms with van der Waals surface area (Å²) in [4.78, 5) is 26.1. The summed E-state index contributed by atoms with van der Waals surface area (Å²) in [6.45, 7) is 4.08. The number of nitrogens with one attached hydrogen (secondary N) is 1. The molecule has 2 aromatic carbocycles. The van der Waals surface area contributed by atoms with Gasteiger partial charge in [0.15, 0.2) is 5.65 Å². The lowest BCUT2D eigenvalue weighted by Crippen LogP contribution is -2.07. The van der Waals surface area contributed by atoms with E-state index in [1.54, 1.807) is 24.0 Å². The molecule has 0 spiro atoms. The molecule has 7 heteroatoms. The lowest BCUT2D eigenvalue weighted by Gasteiger charge is -2.06. The highest BCUT2D eigenvalue weighted by atomic mass is 32.1. The quantitative estimate of drug-likeness (QED) is 0.418. The third-order valence-corrected chi connectivity index (χ3v) is 5.94. The van der Waals surface area contributed by atoms with Gasteiger partial charge in [0, 0.05) is 10.4 Å². The Balaban J connectivity index is 1.46. The number of aromatic nitrogens is 4. The van der Waals surface area contributed by atoms with Gasteiger partial charge >= 0.3 is 0 Å². The molecular formula is C23H17N5OS. The van der Waals surface area contributed by atoms with Gasteiger partial charge in [-0.15, -0.1) is 11.3 Å². The van der Waals surface area contributed by atoms with Gasteiger partial charge in [-0.3, -0.25) is 4.79 Å². The number of amides is 1. The zero-order valence-corrected chi connectivity index (χ0v) is 16.8. The molecule has 3 aromatic heterocycles. The average Bonchev–Trinajstić information content (AvgIpc) is 3.39. The highest BCUT2D eigenvalue weighted by molar-refractivity contribution is 7.22. The molecule has 5 aromatic rings. The normalized spacial score (nSPS) is 11.1. The highest BCUT2D eigenvalue weighted by Gasteiger charge is 2.14. The first-order valence-corrected chi connectivity index (χ1v) is 10.2. The maximum atomic E-state index is 11.4. The molecule has 1 amide bonds. The van der Waals surface area contributed by atoms with Crippen LogP contribution in [-0.4, -0.2) is 25.4 Å². The zero-order chi connectivity index (χ0) is 20.5. The number of carbonyl (C=O) groups is 1. The minimum atomic E-state index is -0.228. The lowest BCUT2D eigenvalue weighted by atomic mass is 10.2. The maximum absolute atomic E-state index is 11.4. The van der Waals surface area contributed by atoms with Crippen molar-refractivity contribution in [3.05, 3.63) is 85.5 Å². The monoisotopic (exact) mass is 411 g/mol. The molecule has 0 saturated carbocycles. The molecule has 0 unspecified atom stereocenters. The number of rotatable bonds is 5. The van der Waals surface area contributed by atoms with Gasteiger partial charge in [0.1, 0.15) is 17.5 Å². The summed E-state index contributed by atoms with van der Waals surface area (Å²) in [5.74, 6) is -0.228. The fraction of sp³-hybridized carbons (Fsp3) is 0.0435. The number of thiophene rings is 1. The van der Waals surface area contributed by atoms with E-state index in [1.807, 2.05) is 41.0 Å². The van der Waals surface area contributed by atoms with Crippen molar-refractivity contribution >= 4 is 44.2 Å². The first kappa shape index (κ1) is 18.2. The zero-order valence-electron chi connectivity index (χ0n) is 15.9. The Labute approximate surface area is 176 Å². The van der Waals surface area contributed by atoms with Crippen molar-refractivity contribution in [2.45, 2.75) is 6.54 Å². The van der Waals surface area contributed by atoms with Crippen LogP contribution in [0.4, 0.5) is 5.69 Å². The highest BCUT2D eigenvalue weighted by Crippen LogP contribution is 2.34. The third kappa shape index (κ3) is 3.35. The minimum Gasteiger partial charge on any atom is -0.323 e. The molecule has 0 aliphatic rings. The van der Waals surface area contributed by atoms with Gasteiger partial charge in [0.25, 0.3) is 0 Å². The van der Waals surface area contributed by atoms with E-state index in [0.29, 0.717) is 6.54 Å². The van der Waals surface area contributed by atoms with Crippen molar-refractivity contribution in [3.63, 3.8) is 0 Å². The van der Waals surface area contributed by atoms with E-state index in [2.05, 4.69) is 45.0 Å². The molecule has 146 valence electrons. The molecule has 0 atom stereocenters. The first-order valence-electron chi connectivity index (χ1n) is 9.38. The second-order valence-electron chi connectivity index (χ2n) is 6.81. The van der Waals surface area contributed by atoms with Crippen LogP contribution in [0, 0.1) is 0 Å². The summed E-state index contributed by atoms with van der Waals surface area (Å²) in [5.41, 5.74) is 4.24. The average molecular weight is 411 g/mol. The SMILES string of the molecule is C=CC(=O)Nc1ccc(Cn2cnc3c(-c4cc5ccccc5s4)ncnc32)cc1. The van der Waals surface area contributed by atoms with Gasteiger partial charge in [-0.2, -0.15) is 0 Å². The van der Waals surface area contributed by atoms with Crippen molar-refractivity contribution in [2.24, 2.45) is 0 Å². The second kappa shape index (κ2) is 7.53. The molecule has 0 radical (unpaired) electrons. The number of benzene rings is 2. The summed E-state index contributed by atoms with van der Waals surface area (Å²) in [7, 11) is 0. The summed E-state index contributed by atoms with van der Waals surface area (Å²) in [6.07, 6.45) is 4.64. The van der Waals surface area contributed by atoms with E-state index in [4.69, 9.17) is 0 Å². The van der Waals surface area contributed by atoms with Gasteiger partial charge in [-0.05, 0) is 41.3 Å². The smallest absolute Gasteiger partial charge is 0.247 e. The van der Waals surface area contributed by atoms with E-state index in [1.165, 1.54) is 16.2 Å². The summed E-state index contributed by atoms with van der Waals surface area (Å²) in [6, 6.07) is 18.1. The molecule has 30 heavy (non-hydrogen) atoms. The number of carbonyl (C=O) groups excluding carboxylic acids is 1. The standard InChI is InChI=1S/C23H17N5OS/c1-2-20(29)27-17-9-7-15(8-10-17)12-28-14-26-22-21(24-13-25-23(22)28)19-11-16-5-3-4-6-18(16)30-19/h2-11,13-14H,1,12H2,(H,27,29). The van der Waals surface area contributed by atoms with Gasteiger partial charge in [-0.25, -0.2) is 15.0 Å².